The number of hydrogen-bond acceptors (Lipinski definition) is 4. The molecular weight excluding hydrogens is 783 g/mol. The second kappa shape index (κ2) is 15.2. The average Bonchev–Trinajstić information content (AvgIpc) is 2.96. The van der Waals surface area contributed by atoms with E-state index in [1.165, 1.54) is 0 Å². The summed E-state index contributed by atoms with van der Waals surface area (Å²) in [5.74, 6) is -22.6. The minimum absolute atomic E-state index is 0.202. The van der Waals surface area contributed by atoms with Crippen LogP contribution in [0.25, 0.3) is 0 Å². The van der Waals surface area contributed by atoms with Gasteiger partial charge < -0.3 is 18.9 Å². The van der Waals surface area contributed by atoms with E-state index < -0.39 is 129 Å². The molecule has 0 bridgehead atoms. The lowest BCUT2D eigenvalue weighted by atomic mass is 10.1. The monoisotopic (exact) mass is 800 g/mol. The van der Waals surface area contributed by atoms with Crippen molar-refractivity contribution < 1.29 is 93.6 Å². The van der Waals surface area contributed by atoms with Gasteiger partial charge in [-0.15, -0.1) is 0 Å². The Balaban J connectivity index is 1.56. The summed E-state index contributed by atoms with van der Waals surface area (Å²) in [4.78, 5) is 0. The SMILES string of the molecule is CCCc1ccc(C(F)(F)Oc2cc(F)c(C(F)(F)Oc3cc(F)c(C(F)(F)Oc4cc(F)c(OC(F)(F)C=C(F)F)c(F)c4)c(F)c3)c(F)c2)c(F)c1. The molecule has 0 fully saturated rings. The lowest BCUT2D eigenvalue weighted by Gasteiger charge is -2.23. The third kappa shape index (κ3) is 9.40. The van der Waals surface area contributed by atoms with E-state index in [4.69, 9.17) is 0 Å². The van der Waals surface area contributed by atoms with Gasteiger partial charge in [-0.3, -0.25) is 0 Å². The van der Waals surface area contributed by atoms with Gasteiger partial charge in [0.25, 0.3) is 6.08 Å². The summed E-state index contributed by atoms with van der Waals surface area (Å²) in [5, 5.41) is 0. The summed E-state index contributed by atoms with van der Waals surface area (Å²) in [6.07, 6.45) is -23.6. The van der Waals surface area contributed by atoms with Gasteiger partial charge in [-0.25, -0.2) is 30.7 Å². The van der Waals surface area contributed by atoms with E-state index in [9.17, 15) is 74.6 Å². The zero-order valence-electron chi connectivity index (χ0n) is 26.2. The molecule has 0 atom stereocenters. The van der Waals surface area contributed by atoms with Crippen LogP contribution in [0.4, 0.5) is 74.6 Å². The number of benzene rings is 4. The summed E-state index contributed by atoms with van der Waals surface area (Å²) in [5.41, 5.74) is -5.89. The molecule has 0 spiro atoms. The highest BCUT2D eigenvalue weighted by atomic mass is 19.3. The molecule has 0 aliphatic rings. The molecule has 0 amide bonds. The molecule has 0 aromatic heterocycles. The zero-order valence-corrected chi connectivity index (χ0v) is 26.2. The lowest BCUT2D eigenvalue weighted by molar-refractivity contribution is -0.192. The van der Waals surface area contributed by atoms with Crippen LogP contribution in [-0.4, -0.2) is 6.11 Å². The van der Waals surface area contributed by atoms with Gasteiger partial charge in [-0.1, -0.05) is 19.4 Å². The maximum absolute atomic E-state index is 14.9. The van der Waals surface area contributed by atoms with Crippen LogP contribution in [0.2, 0.25) is 0 Å². The highest BCUT2D eigenvalue weighted by Crippen LogP contribution is 2.42. The number of aryl methyl sites for hydroxylation is 1. The van der Waals surface area contributed by atoms with E-state index in [1.807, 2.05) is 0 Å². The van der Waals surface area contributed by atoms with E-state index in [-0.39, 0.29) is 24.3 Å². The summed E-state index contributed by atoms with van der Waals surface area (Å²) < 4.78 is 256. The molecule has 4 rings (SSSR count). The molecule has 4 aromatic carbocycles. The van der Waals surface area contributed by atoms with Crippen LogP contribution in [0, 0.1) is 40.7 Å². The fourth-order valence-electron chi connectivity index (χ4n) is 4.60. The van der Waals surface area contributed by atoms with Crippen LogP contribution in [-0.2, 0) is 24.7 Å². The number of rotatable bonds is 14. The second-order valence-corrected chi connectivity index (χ2v) is 10.8. The molecule has 0 heterocycles. The Kier molecular flexibility index (Phi) is 11.6. The lowest BCUT2D eigenvalue weighted by Crippen LogP contribution is -2.28. The highest BCUT2D eigenvalue weighted by Gasteiger charge is 2.46. The van der Waals surface area contributed by atoms with Crippen molar-refractivity contribution in [3.8, 4) is 23.0 Å². The first-order valence-corrected chi connectivity index (χ1v) is 14.4. The van der Waals surface area contributed by atoms with Gasteiger partial charge in [-0.2, -0.15) is 43.9 Å². The van der Waals surface area contributed by atoms with Gasteiger partial charge in [0.1, 0.15) is 57.5 Å². The normalized spacial score (nSPS) is 12.4. The Morgan fingerprint density at radius 2 is 0.907 bits per heavy atom. The van der Waals surface area contributed by atoms with Crippen LogP contribution in [0.5, 0.6) is 23.0 Å². The van der Waals surface area contributed by atoms with Crippen LogP contribution < -0.4 is 18.9 Å². The maximum Gasteiger partial charge on any atom is 0.432 e. The third-order valence-corrected chi connectivity index (χ3v) is 6.72. The summed E-state index contributed by atoms with van der Waals surface area (Å²) >= 11 is 0. The standard InChI is InChI=1S/C33H17F17O4/c1-2-3-14-4-5-18(19(34)6-14)31(45,46)51-15-7-20(35)27(21(36)8-15)32(47,48)52-16-9-22(37)28(23(38)10-16)33(49,50)53-17-11-24(39)29(25(40)12-17)54-30(43,44)13-26(41)42/h4-13H,2-3H2,1H3. The summed E-state index contributed by atoms with van der Waals surface area (Å²) in [6.45, 7) is 1.72. The van der Waals surface area contributed by atoms with E-state index in [1.54, 1.807) is 6.92 Å². The van der Waals surface area contributed by atoms with E-state index in [2.05, 4.69) is 18.9 Å². The fraction of sp³-hybridized carbons (Fsp3) is 0.212. The van der Waals surface area contributed by atoms with Gasteiger partial charge in [0.2, 0.25) is 0 Å². The van der Waals surface area contributed by atoms with Gasteiger partial charge in [-0.05, 0) is 24.1 Å². The molecule has 292 valence electrons. The molecule has 21 heteroatoms. The predicted molar refractivity (Wildman–Crippen MR) is 149 cm³/mol. The van der Waals surface area contributed by atoms with Crippen molar-refractivity contribution >= 4 is 0 Å². The van der Waals surface area contributed by atoms with Gasteiger partial charge in [0.05, 0.1) is 11.6 Å². The minimum Gasteiger partial charge on any atom is -0.429 e. The van der Waals surface area contributed by atoms with E-state index >= 15 is 0 Å². The Labute approximate surface area is 290 Å². The molecular formula is C33H17F17O4. The molecule has 0 saturated carbocycles. The predicted octanol–water partition coefficient (Wildman–Crippen LogP) is 11.7. The zero-order chi connectivity index (χ0) is 40.6. The quantitative estimate of drug-likeness (QED) is 0.119. The Bertz CT molecular complexity index is 1990. The van der Waals surface area contributed by atoms with Crippen LogP contribution >= 0.6 is 0 Å². The number of ether oxygens (including phenoxy) is 4. The molecule has 4 aromatic rings. The molecule has 54 heavy (non-hydrogen) atoms. The Hall–Kier alpha value is -5.37. The van der Waals surface area contributed by atoms with Crippen molar-refractivity contribution in [2.24, 2.45) is 0 Å². The average molecular weight is 800 g/mol. The van der Waals surface area contributed by atoms with Crippen molar-refractivity contribution in [2.45, 2.75) is 44.2 Å². The van der Waals surface area contributed by atoms with Crippen LogP contribution in [0.15, 0.2) is 66.8 Å². The van der Waals surface area contributed by atoms with Crippen molar-refractivity contribution in [1.82, 2.24) is 0 Å². The third-order valence-electron chi connectivity index (χ3n) is 6.72. The second-order valence-electron chi connectivity index (χ2n) is 10.8. The van der Waals surface area contributed by atoms with Crippen molar-refractivity contribution in [3.63, 3.8) is 0 Å². The van der Waals surface area contributed by atoms with Crippen LogP contribution in [0.1, 0.15) is 35.6 Å². The Morgan fingerprint density at radius 1 is 0.519 bits per heavy atom. The summed E-state index contributed by atoms with van der Waals surface area (Å²) in [6, 6.07) is 0.698. The molecule has 0 aliphatic heterocycles. The van der Waals surface area contributed by atoms with Crippen molar-refractivity contribution in [2.75, 3.05) is 0 Å². The molecule has 0 N–H and O–H groups in total. The number of halogens is 17. The maximum atomic E-state index is 14.9. The number of alkyl halides is 8. The minimum atomic E-state index is -5.31. The fourth-order valence-corrected chi connectivity index (χ4v) is 4.60. The molecule has 0 aliphatic carbocycles. The number of hydrogen-bond donors (Lipinski definition) is 0. The first kappa shape index (κ1) is 41.4. The Morgan fingerprint density at radius 3 is 1.28 bits per heavy atom. The van der Waals surface area contributed by atoms with Gasteiger partial charge >= 0.3 is 24.4 Å². The molecule has 0 unspecified atom stereocenters. The van der Waals surface area contributed by atoms with Crippen molar-refractivity contribution in [3.05, 3.63) is 130 Å². The van der Waals surface area contributed by atoms with Gasteiger partial charge in [0, 0.05) is 36.4 Å². The first-order valence-electron chi connectivity index (χ1n) is 14.4. The highest BCUT2D eigenvalue weighted by molar-refractivity contribution is 5.39. The molecule has 0 radical (unpaired) electrons. The van der Waals surface area contributed by atoms with E-state index in [0.29, 0.717) is 24.5 Å². The topological polar surface area (TPSA) is 36.9 Å². The van der Waals surface area contributed by atoms with Gasteiger partial charge in [0.15, 0.2) is 17.4 Å². The molecule has 4 nitrogen and oxygen atoms in total. The largest absolute Gasteiger partial charge is 0.432 e. The van der Waals surface area contributed by atoms with Crippen LogP contribution in [0.3, 0.4) is 0 Å². The smallest absolute Gasteiger partial charge is 0.429 e. The van der Waals surface area contributed by atoms with Crippen molar-refractivity contribution in [1.29, 1.82) is 0 Å². The first-order chi connectivity index (χ1) is 24.9. The summed E-state index contributed by atoms with van der Waals surface area (Å²) in [7, 11) is 0. The van der Waals surface area contributed by atoms with E-state index in [0.717, 1.165) is 12.1 Å². The molecule has 0 saturated heterocycles.